The second-order valence-electron chi connectivity index (χ2n) is 4.92. The summed E-state index contributed by atoms with van der Waals surface area (Å²) in [6.07, 6.45) is 2.09. The third-order valence-corrected chi connectivity index (χ3v) is 4.48. The lowest BCUT2D eigenvalue weighted by Gasteiger charge is -2.12. The molecule has 1 amide bonds. The summed E-state index contributed by atoms with van der Waals surface area (Å²) in [5.41, 5.74) is 0.791. The van der Waals surface area contributed by atoms with E-state index in [2.05, 4.69) is 10.0 Å². The first-order chi connectivity index (χ1) is 10.9. The molecule has 0 spiro atoms. The second kappa shape index (κ2) is 7.47. The van der Waals surface area contributed by atoms with Gasteiger partial charge in [0.1, 0.15) is 5.75 Å². The number of aryl methyl sites for hydroxylation is 1. The van der Waals surface area contributed by atoms with E-state index < -0.39 is 10.0 Å². The van der Waals surface area contributed by atoms with Crippen molar-refractivity contribution in [2.75, 3.05) is 23.4 Å². The van der Waals surface area contributed by atoms with Crippen LogP contribution in [0.15, 0.2) is 35.7 Å². The molecule has 0 saturated carbocycles. The van der Waals surface area contributed by atoms with Crippen LogP contribution in [0.2, 0.25) is 0 Å². The van der Waals surface area contributed by atoms with Crippen LogP contribution in [0.5, 0.6) is 5.75 Å². The standard InChI is InChI=1S/C15H18N2O4S2/c1-21-14-7-5-11(10-13(14)17-23(2,19)20)16-15(18)8-6-12-4-3-9-22-12/h3-5,7,9-10,17H,6,8H2,1-2H3,(H,16,18). The van der Waals surface area contributed by atoms with Crippen molar-refractivity contribution in [1.82, 2.24) is 0 Å². The van der Waals surface area contributed by atoms with E-state index in [-0.39, 0.29) is 11.6 Å². The summed E-state index contributed by atoms with van der Waals surface area (Å²) in [7, 11) is -1.99. The van der Waals surface area contributed by atoms with Gasteiger partial charge in [-0.15, -0.1) is 11.3 Å². The number of ether oxygens (including phenoxy) is 1. The second-order valence-corrected chi connectivity index (χ2v) is 7.70. The van der Waals surface area contributed by atoms with Gasteiger partial charge in [-0.2, -0.15) is 0 Å². The minimum atomic E-state index is -3.44. The molecule has 2 aromatic rings. The Balaban J connectivity index is 2.04. The molecular weight excluding hydrogens is 336 g/mol. The molecule has 0 unspecified atom stereocenters. The van der Waals surface area contributed by atoms with E-state index in [0.29, 0.717) is 24.3 Å². The first-order valence-corrected chi connectivity index (χ1v) is 9.62. The Morgan fingerprint density at radius 1 is 1.30 bits per heavy atom. The lowest BCUT2D eigenvalue weighted by molar-refractivity contribution is -0.116. The number of amides is 1. The highest BCUT2D eigenvalue weighted by Crippen LogP contribution is 2.28. The molecule has 23 heavy (non-hydrogen) atoms. The van der Waals surface area contributed by atoms with Crippen LogP contribution in [0.25, 0.3) is 0 Å². The van der Waals surface area contributed by atoms with Gasteiger partial charge in [-0.3, -0.25) is 9.52 Å². The van der Waals surface area contributed by atoms with E-state index >= 15 is 0 Å². The highest BCUT2D eigenvalue weighted by molar-refractivity contribution is 7.92. The van der Waals surface area contributed by atoms with E-state index in [1.165, 1.54) is 13.2 Å². The maximum atomic E-state index is 12.0. The molecule has 0 aliphatic heterocycles. The molecule has 1 aromatic carbocycles. The molecule has 0 atom stereocenters. The number of benzene rings is 1. The molecule has 0 aliphatic carbocycles. The molecule has 2 rings (SSSR count). The number of carbonyl (C=O) groups is 1. The summed E-state index contributed by atoms with van der Waals surface area (Å²) in [5, 5.41) is 4.73. The number of hydrogen-bond donors (Lipinski definition) is 2. The van der Waals surface area contributed by atoms with Gasteiger partial charge in [-0.1, -0.05) is 6.07 Å². The van der Waals surface area contributed by atoms with E-state index in [9.17, 15) is 13.2 Å². The summed E-state index contributed by atoms with van der Waals surface area (Å²) < 4.78 is 30.2. The van der Waals surface area contributed by atoms with Crippen LogP contribution in [0, 0.1) is 0 Å². The summed E-state index contributed by atoms with van der Waals surface area (Å²) in [5.74, 6) is 0.251. The molecule has 1 aromatic heterocycles. The van der Waals surface area contributed by atoms with Crippen molar-refractivity contribution in [2.45, 2.75) is 12.8 Å². The normalized spacial score (nSPS) is 11.0. The fourth-order valence-corrected chi connectivity index (χ4v) is 3.25. The number of thiophene rings is 1. The van der Waals surface area contributed by atoms with E-state index in [1.807, 2.05) is 17.5 Å². The van der Waals surface area contributed by atoms with Crippen molar-refractivity contribution in [2.24, 2.45) is 0 Å². The van der Waals surface area contributed by atoms with Gasteiger partial charge in [0.05, 0.1) is 19.1 Å². The summed E-state index contributed by atoms with van der Waals surface area (Å²) in [4.78, 5) is 13.1. The molecule has 6 nitrogen and oxygen atoms in total. The third kappa shape index (κ3) is 5.57. The zero-order chi connectivity index (χ0) is 16.9. The summed E-state index contributed by atoms with van der Waals surface area (Å²) in [6.45, 7) is 0. The Hall–Kier alpha value is -2.06. The first kappa shape index (κ1) is 17.3. The zero-order valence-corrected chi connectivity index (χ0v) is 14.5. The SMILES string of the molecule is COc1ccc(NC(=O)CCc2cccs2)cc1NS(C)(=O)=O. The molecule has 124 valence electrons. The monoisotopic (exact) mass is 354 g/mol. The van der Waals surface area contributed by atoms with Crippen molar-refractivity contribution < 1.29 is 17.9 Å². The molecular formula is C15H18N2O4S2. The average Bonchev–Trinajstić information content (AvgIpc) is 2.97. The van der Waals surface area contributed by atoms with Crippen LogP contribution >= 0.6 is 11.3 Å². The van der Waals surface area contributed by atoms with Crippen molar-refractivity contribution in [3.63, 3.8) is 0 Å². The third-order valence-electron chi connectivity index (χ3n) is 2.96. The van der Waals surface area contributed by atoms with Crippen molar-refractivity contribution in [3.05, 3.63) is 40.6 Å². The lowest BCUT2D eigenvalue weighted by Crippen LogP contribution is -2.14. The van der Waals surface area contributed by atoms with Gasteiger partial charge in [-0.05, 0) is 36.1 Å². The fraction of sp³-hybridized carbons (Fsp3) is 0.267. The van der Waals surface area contributed by atoms with Gasteiger partial charge in [-0.25, -0.2) is 8.42 Å². The van der Waals surface area contributed by atoms with E-state index in [1.54, 1.807) is 23.5 Å². The number of nitrogens with one attached hydrogen (secondary N) is 2. The zero-order valence-electron chi connectivity index (χ0n) is 12.8. The molecule has 0 aliphatic rings. The molecule has 0 radical (unpaired) electrons. The van der Waals surface area contributed by atoms with E-state index in [4.69, 9.17) is 4.74 Å². The predicted molar refractivity (Wildman–Crippen MR) is 92.7 cm³/mol. The number of sulfonamides is 1. The number of hydrogen-bond acceptors (Lipinski definition) is 5. The molecule has 0 fully saturated rings. The van der Waals surface area contributed by atoms with Crippen LogP contribution in [-0.2, 0) is 21.2 Å². The number of carbonyl (C=O) groups excluding carboxylic acids is 1. The molecule has 0 bridgehead atoms. The number of methoxy groups -OCH3 is 1. The Labute approximate surface area is 139 Å². The van der Waals surface area contributed by atoms with Crippen molar-refractivity contribution >= 4 is 38.6 Å². The highest BCUT2D eigenvalue weighted by Gasteiger charge is 2.11. The number of rotatable bonds is 7. The first-order valence-electron chi connectivity index (χ1n) is 6.85. The van der Waals surface area contributed by atoms with Crippen molar-refractivity contribution in [3.8, 4) is 5.75 Å². The van der Waals surface area contributed by atoms with Crippen LogP contribution in [0.1, 0.15) is 11.3 Å². The van der Waals surface area contributed by atoms with Crippen LogP contribution in [0.4, 0.5) is 11.4 Å². The van der Waals surface area contributed by atoms with Crippen LogP contribution < -0.4 is 14.8 Å². The minimum absolute atomic E-state index is 0.131. The maximum absolute atomic E-state index is 12.0. The van der Waals surface area contributed by atoms with Gasteiger partial charge in [0.2, 0.25) is 15.9 Å². The fourth-order valence-electron chi connectivity index (χ4n) is 1.98. The summed E-state index contributed by atoms with van der Waals surface area (Å²) in [6, 6.07) is 8.73. The molecule has 0 saturated heterocycles. The maximum Gasteiger partial charge on any atom is 0.229 e. The average molecular weight is 354 g/mol. The van der Waals surface area contributed by atoms with Gasteiger partial charge in [0.25, 0.3) is 0 Å². The van der Waals surface area contributed by atoms with Gasteiger partial charge >= 0.3 is 0 Å². The minimum Gasteiger partial charge on any atom is -0.495 e. The van der Waals surface area contributed by atoms with E-state index in [0.717, 1.165) is 11.1 Å². The lowest BCUT2D eigenvalue weighted by atomic mass is 10.2. The van der Waals surface area contributed by atoms with Gasteiger partial charge in [0.15, 0.2) is 0 Å². The highest BCUT2D eigenvalue weighted by atomic mass is 32.2. The Morgan fingerprint density at radius 3 is 2.70 bits per heavy atom. The largest absolute Gasteiger partial charge is 0.495 e. The smallest absolute Gasteiger partial charge is 0.229 e. The predicted octanol–water partition coefficient (Wildman–Crippen LogP) is 2.70. The Bertz CT molecular complexity index is 771. The quantitative estimate of drug-likeness (QED) is 0.801. The summed E-state index contributed by atoms with van der Waals surface area (Å²) >= 11 is 1.61. The van der Waals surface area contributed by atoms with Gasteiger partial charge in [0, 0.05) is 17.0 Å². The molecule has 8 heteroatoms. The number of anilines is 2. The molecule has 2 N–H and O–H groups in total. The Kier molecular flexibility index (Phi) is 5.62. The Morgan fingerprint density at radius 2 is 2.09 bits per heavy atom. The van der Waals surface area contributed by atoms with Gasteiger partial charge < -0.3 is 10.1 Å². The molecule has 1 heterocycles. The van der Waals surface area contributed by atoms with Crippen LogP contribution in [-0.4, -0.2) is 27.7 Å². The van der Waals surface area contributed by atoms with Crippen molar-refractivity contribution in [1.29, 1.82) is 0 Å². The van der Waals surface area contributed by atoms with Crippen LogP contribution in [0.3, 0.4) is 0 Å². The topological polar surface area (TPSA) is 84.5 Å².